The van der Waals surface area contributed by atoms with Gasteiger partial charge in [0.1, 0.15) is 0 Å². The zero-order valence-corrected chi connectivity index (χ0v) is 12.0. The molecule has 0 unspecified atom stereocenters. The minimum absolute atomic E-state index is 0.218. The van der Waals surface area contributed by atoms with Gasteiger partial charge < -0.3 is 19.9 Å². The molecule has 1 saturated heterocycles. The molecule has 5 nitrogen and oxygen atoms in total. The smallest absolute Gasteiger partial charge is 0.212 e. The maximum absolute atomic E-state index is 9.23. The van der Waals surface area contributed by atoms with Gasteiger partial charge in [-0.3, -0.25) is 0 Å². The molecule has 5 heteroatoms. The van der Waals surface area contributed by atoms with Crippen molar-refractivity contribution in [3.8, 4) is 5.88 Å². The lowest BCUT2D eigenvalue weighted by molar-refractivity contribution is 0.0496. The highest BCUT2D eigenvalue weighted by molar-refractivity contribution is 5.17. The molecule has 2 N–H and O–H groups in total. The fourth-order valence-electron chi connectivity index (χ4n) is 2.65. The molecular formula is C15H24N2O3. The molecule has 2 rings (SSSR count). The Hall–Kier alpha value is -1.17. The number of hydrogen-bond acceptors (Lipinski definition) is 5. The summed E-state index contributed by atoms with van der Waals surface area (Å²) in [4.78, 5) is 4.20. The number of aromatic nitrogens is 1. The molecule has 0 amide bonds. The van der Waals surface area contributed by atoms with E-state index in [0.29, 0.717) is 17.8 Å². The summed E-state index contributed by atoms with van der Waals surface area (Å²) in [5.74, 6) is 1.21. The standard InChI is InChI=1S/C15H24N2O3/c1-19-15-3-2-12(11-17-15)10-16-14(4-7-18)13-5-8-20-9-6-13/h2-3,11,13-14,16,18H,4-10H2,1H3/t14-/m0/s1. The molecule has 1 atom stereocenters. The van der Waals surface area contributed by atoms with Crippen molar-refractivity contribution in [2.24, 2.45) is 5.92 Å². The van der Waals surface area contributed by atoms with Crippen molar-refractivity contribution in [3.63, 3.8) is 0 Å². The molecule has 0 aromatic carbocycles. The van der Waals surface area contributed by atoms with E-state index in [1.165, 1.54) is 0 Å². The summed E-state index contributed by atoms with van der Waals surface area (Å²) in [5, 5.41) is 12.8. The van der Waals surface area contributed by atoms with Gasteiger partial charge in [-0.25, -0.2) is 4.98 Å². The minimum Gasteiger partial charge on any atom is -0.481 e. The Morgan fingerprint density at radius 2 is 2.25 bits per heavy atom. The number of aliphatic hydroxyl groups is 1. The van der Waals surface area contributed by atoms with Gasteiger partial charge in [-0.1, -0.05) is 6.07 Å². The molecule has 1 aromatic heterocycles. The van der Waals surface area contributed by atoms with Gasteiger partial charge in [0.2, 0.25) is 5.88 Å². The first-order chi connectivity index (χ1) is 9.83. The molecule has 0 spiro atoms. The van der Waals surface area contributed by atoms with Crippen LogP contribution in [0.4, 0.5) is 0 Å². The summed E-state index contributed by atoms with van der Waals surface area (Å²) in [6.45, 7) is 2.64. The fourth-order valence-corrected chi connectivity index (χ4v) is 2.65. The van der Waals surface area contributed by atoms with Crippen molar-refractivity contribution < 1.29 is 14.6 Å². The first kappa shape index (κ1) is 15.2. The van der Waals surface area contributed by atoms with E-state index in [1.54, 1.807) is 7.11 Å². The van der Waals surface area contributed by atoms with E-state index in [0.717, 1.165) is 44.6 Å². The molecule has 0 radical (unpaired) electrons. The summed E-state index contributed by atoms with van der Waals surface area (Å²) >= 11 is 0. The molecule has 1 aliphatic heterocycles. The van der Waals surface area contributed by atoms with Crippen LogP contribution in [-0.4, -0.2) is 43.1 Å². The molecule has 20 heavy (non-hydrogen) atoms. The third kappa shape index (κ3) is 4.44. The van der Waals surface area contributed by atoms with Crippen molar-refractivity contribution in [1.82, 2.24) is 10.3 Å². The second-order valence-electron chi connectivity index (χ2n) is 5.16. The second kappa shape index (κ2) is 8.19. The van der Waals surface area contributed by atoms with Crippen LogP contribution in [0.2, 0.25) is 0 Å². The van der Waals surface area contributed by atoms with Gasteiger partial charge in [-0.05, 0) is 30.7 Å². The third-order valence-electron chi connectivity index (χ3n) is 3.85. The van der Waals surface area contributed by atoms with Crippen molar-refractivity contribution in [1.29, 1.82) is 0 Å². The molecule has 0 bridgehead atoms. The second-order valence-corrected chi connectivity index (χ2v) is 5.16. The molecule has 112 valence electrons. The van der Waals surface area contributed by atoms with Gasteiger partial charge in [-0.15, -0.1) is 0 Å². The van der Waals surface area contributed by atoms with Gasteiger partial charge in [0.25, 0.3) is 0 Å². The number of rotatable bonds is 7. The highest BCUT2D eigenvalue weighted by Gasteiger charge is 2.23. The van der Waals surface area contributed by atoms with E-state index in [1.807, 2.05) is 18.3 Å². The number of nitrogens with one attached hydrogen (secondary N) is 1. The Bertz CT molecular complexity index is 377. The summed E-state index contributed by atoms with van der Waals surface area (Å²) in [6.07, 6.45) is 4.75. The predicted molar refractivity (Wildman–Crippen MR) is 76.7 cm³/mol. The Labute approximate surface area is 120 Å². The highest BCUT2D eigenvalue weighted by Crippen LogP contribution is 2.21. The lowest BCUT2D eigenvalue weighted by Gasteiger charge is -2.30. The summed E-state index contributed by atoms with van der Waals surface area (Å²) in [7, 11) is 1.61. The van der Waals surface area contributed by atoms with Crippen LogP contribution in [0.5, 0.6) is 5.88 Å². The number of methoxy groups -OCH3 is 1. The van der Waals surface area contributed by atoms with Crippen LogP contribution in [0.1, 0.15) is 24.8 Å². The quantitative estimate of drug-likeness (QED) is 0.789. The fraction of sp³-hybridized carbons (Fsp3) is 0.667. The minimum atomic E-state index is 0.218. The number of aliphatic hydroxyl groups excluding tert-OH is 1. The molecule has 0 aliphatic carbocycles. The Morgan fingerprint density at radius 3 is 2.85 bits per heavy atom. The molecule has 1 aromatic rings. The van der Waals surface area contributed by atoms with Crippen LogP contribution in [0.3, 0.4) is 0 Å². The molecule has 1 fully saturated rings. The van der Waals surface area contributed by atoms with E-state index < -0.39 is 0 Å². The first-order valence-corrected chi connectivity index (χ1v) is 7.24. The number of hydrogen-bond donors (Lipinski definition) is 2. The Morgan fingerprint density at radius 1 is 1.45 bits per heavy atom. The van der Waals surface area contributed by atoms with Crippen molar-refractivity contribution in [3.05, 3.63) is 23.9 Å². The summed E-state index contributed by atoms with van der Waals surface area (Å²) in [6, 6.07) is 4.22. The first-order valence-electron chi connectivity index (χ1n) is 7.24. The van der Waals surface area contributed by atoms with Crippen LogP contribution < -0.4 is 10.1 Å². The third-order valence-corrected chi connectivity index (χ3v) is 3.85. The molecule has 0 saturated carbocycles. The average molecular weight is 280 g/mol. The zero-order chi connectivity index (χ0) is 14.2. The predicted octanol–water partition coefficient (Wildman–Crippen LogP) is 1.36. The largest absolute Gasteiger partial charge is 0.481 e. The van der Waals surface area contributed by atoms with Gasteiger partial charge in [0.15, 0.2) is 0 Å². The molecule has 2 heterocycles. The average Bonchev–Trinajstić information content (AvgIpc) is 2.53. The van der Waals surface area contributed by atoms with Crippen LogP contribution >= 0.6 is 0 Å². The van der Waals surface area contributed by atoms with Gasteiger partial charge >= 0.3 is 0 Å². The maximum Gasteiger partial charge on any atom is 0.212 e. The number of pyridine rings is 1. The highest BCUT2D eigenvalue weighted by atomic mass is 16.5. The van der Waals surface area contributed by atoms with E-state index in [4.69, 9.17) is 9.47 Å². The maximum atomic E-state index is 9.23. The zero-order valence-electron chi connectivity index (χ0n) is 12.0. The van der Waals surface area contributed by atoms with Gasteiger partial charge in [0, 0.05) is 44.7 Å². The van der Waals surface area contributed by atoms with Crippen molar-refractivity contribution >= 4 is 0 Å². The van der Waals surface area contributed by atoms with Crippen molar-refractivity contribution in [2.75, 3.05) is 26.9 Å². The van der Waals surface area contributed by atoms with E-state index in [9.17, 15) is 5.11 Å². The SMILES string of the molecule is COc1ccc(CN[C@@H](CCO)C2CCOCC2)cn1. The van der Waals surface area contributed by atoms with Crippen LogP contribution in [-0.2, 0) is 11.3 Å². The lowest BCUT2D eigenvalue weighted by Crippen LogP contribution is -2.39. The van der Waals surface area contributed by atoms with Gasteiger partial charge in [0.05, 0.1) is 7.11 Å². The topological polar surface area (TPSA) is 63.6 Å². The van der Waals surface area contributed by atoms with Crippen LogP contribution in [0, 0.1) is 5.92 Å². The molecule has 1 aliphatic rings. The Balaban J connectivity index is 1.86. The normalized spacial score (nSPS) is 17.9. The number of ether oxygens (including phenoxy) is 2. The lowest BCUT2D eigenvalue weighted by atomic mass is 9.90. The van der Waals surface area contributed by atoms with Gasteiger partial charge in [-0.2, -0.15) is 0 Å². The van der Waals surface area contributed by atoms with Crippen LogP contribution in [0.25, 0.3) is 0 Å². The monoisotopic (exact) mass is 280 g/mol. The van der Waals surface area contributed by atoms with E-state index >= 15 is 0 Å². The summed E-state index contributed by atoms with van der Waals surface area (Å²) < 4.78 is 10.5. The van der Waals surface area contributed by atoms with Crippen molar-refractivity contribution in [2.45, 2.75) is 31.8 Å². The molecular weight excluding hydrogens is 256 g/mol. The van der Waals surface area contributed by atoms with E-state index in [-0.39, 0.29) is 6.61 Å². The Kier molecular flexibility index (Phi) is 6.24. The number of nitrogens with zero attached hydrogens (tertiary/aromatic N) is 1. The van der Waals surface area contributed by atoms with E-state index in [2.05, 4.69) is 10.3 Å². The summed E-state index contributed by atoms with van der Waals surface area (Å²) in [5.41, 5.74) is 1.13. The van der Waals surface area contributed by atoms with Crippen LogP contribution in [0.15, 0.2) is 18.3 Å².